The van der Waals surface area contributed by atoms with Crippen molar-refractivity contribution in [3.63, 3.8) is 0 Å². The first kappa shape index (κ1) is 162. The van der Waals surface area contributed by atoms with Crippen LogP contribution in [0.25, 0.3) is 0 Å². The molecule has 0 saturated carbocycles. The maximum atomic E-state index is 0. The second-order valence-corrected chi connectivity index (χ2v) is 0. The van der Waals surface area contributed by atoms with Crippen LogP contribution in [0.15, 0.2) is 0 Å². The number of hydrogen-bond donors (Lipinski definition) is 1. The van der Waals surface area contributed by atoms with Crippen LogP contribution in [0.3, 0.4) is 0 Å². The fraction of sp³-hybridized carbons (Fsp3) is 1.00. The van der Waals surface area contributed by atoms with E-state index in [4.69, 9.17) is 0 Å². The Bertz CT molecular complexity index is 8.00. The summed E-state index contributed by atoms with van der Waals surface area (Å²) in [4.78, 5) is 0. The second kappa shape index (κ2) is 66.2. The van der Waals surface area contributed by atoms with Gasteiger partial charge in [0.15, 0.2) is 0 Å². The van der Waals surface area contributed by atoms with Crippen LogP contribution >= 0.6 is 0 Å². The normalized spacial score (nSPS) is 0. The van der Waals surface area contributed by atoms with Crippen molar-refractivity contribution < 1.29 is 18.6 Å². The zero-order chi connectivity index (χ0) is 0. The molecule has 3 N–H and O–H groups in total. The summed E-state index contributed by atoms with van der Waals surface area (Å²) in [5.74, 6) is 0. The predicted octanol–water partition coefficient (Wildman–Crippen LogP) is 0.415. The van der Waals surface area contributed by atoms with Crippen molar-refractivity contribution in [3.8, 4) is 0 Å². The Morgan fingerprint density at radius 1 is 1.00 bits per heavy atom. The Balaban J connectivity index is 0. The van der Waals surface area contributed by atoms with Gasteiger partial charge in [-0.3, -0.25) is 0 Å². The van der Waals surface area contributed by atoms with Crippen LogP contribution in [0.2, 0.25) is 0 Å². The van der Waals surface area contributed by atoms with Crippen molar-refractivity contribution in [1.29, 1.82) is 0 Å². The van der Waals surface area contributed by atoms with Gasteiger partial charge in [0.1, 0.15) is 0 Å². The van der Waals surface area contributed by atoms with E-state index in [0.717, 1.165) is 0 Å². The summed E-state index contributed by atoms with van der Waals surface area (Å²) >= 11 is 0. The molecule has 0 spiro atoms. The Morgan fingerprint density at radius 2 is 1.00 bits per heavy atom. The van der Waals surface area contributed by atoms with Crippen LogP contribution in [0.4, 0.5) is 0 Å². The number of hydrogen-bond acceptors (Lipinski definition) is 1. The molecule has 0 aliphatic heterocycles. The average molecular weight is 94.8 g/mol. The van der Waals surface area contributed by atoms with Gasteiger partial charge in [-0.25, -0.2) is 0 Å². The molecule has 1 nitrogen and oxygen atoms in total. The average Bonchev–Trinajstić information content (AvgIpc) is 0. The molecule has 0 aromatic heterocycles. The minimum absolute atomic E-state index is 0. The van der Waals surface area contributed by atoms with Crippen LogP contribution < -0.4 is 6.15 Å². The molecule has 24 valence electrons. The van der Waals surface area contributed by atoms with E-state index in [2.05, 4.69) is 0 Å². The molecule has 0 aliphatic carbocycles. The fourth-order valence-corrected chi connectivity index (χ4v) is 0. The van der Waals surface area contributed by atoms with Crippen molar-refractivity contribution in [2.24, 2.45) is 0 Å². The fourth-order valence-electron chi connectivity index (χ4n) is 0. The van der Waals surface area contributed by atoms with Crippen molar-refractivity contribution in [2.45, 2.75) is 7.43 Å². The molecule has 0 unspecified atom stereocenters. The molecule has 0 aromatic rings. The monoisotopic (exact) mass is 95.0 g/mol. The molecule has 0 atom stereocenters. The van der Waals surface area contributed by atoms with E-state index >= 15 is 0 Å². The molecule has 0 heterocycles. The SMILES string of the molecule is C.N.[B].[V]. The quantitative estimate of drug-likeness (QED) is 0.434. The van der Waals surface area contributed by atoms with Crippen LogP contribution in [-0.4, -0.2) is 8.41 Å². The van der Waals surface area contributed by atoms with E-state index in [1.54, 1.807) is 0 Å². The van der Waals surface area contributed by atoms with Crippen molar-refractivity contribution in [2.75, 3.05) is 0 Å². The zero-order valence-electron chi connectivity index (χ0n) is 1.73. The van der Waals surface area contributed by atoms with Gasteiger partial charge in [0.2, 0.25) is 0 Å². The van der Waals surface area contributed by atoms with Gasteiger partial charge in [-0.05, 0) is 0 Å². The smallest absolute Gasteiger partial charge is 0 e. The van der Waals surface area contributed by atoms with E-state index in [9.17, 15) is 0 Å². The van der Waals surface area contributed by atoms with Crippen LogP contribution in [0.5, 0.6) is 0 Å². The van der Waals surface area contributed by atoms with Gasteiger partial charge in [-0.15, -0.1) is 0 Å². The number of rotatable bonds is 0. The largest absolute Gasteiger partial charge is 0.344 e. The third-order valence-corrected chi connectivity index (χ3v) is 0. The first-order valence-corrected chi connectivity index (χ1v) is 0. The predicted molar refractivity (Wildman–Crippen MR) is 17.5 cm³/mol. The topological polar surface area (TPSA) is 35.0 Å². The standard InChI is InChI=1S/CH4.B.H3N.V/h1H4;;1H3;. The third kappa shape index (κ3) is 18.2. The van der Waals surface area contributed by atoms with E-state index in [-0.39, 0.29) is 40.5 Å². The van der Waals surface area contributed by atoms with Gasteiger partial charge in [0, 0.05) is 27.0 Å². The summed E-state index contributed by atoms with van der Waals surface area (Å²) in [6.07, 6.45) is 0. The minimum Gasteiger partial charge on any atom is -0.344 e. The van der Waals surface area contributed by atoms with E-state index < -0.39 is 0 Å². The molecule has 0 fully saturated rings. The summed E-state index contributed by atoms with van der Waals surface area (Å²) in [6, 6.07) is 0. The van der Waals surface area contributed by atoms with Crippen LogP contribution in [0.1, 0.15) is 7.43 Å². The van der Waals surface area contributed by atoms with Crippen molar-refractivity contribution in [3.05, 3.63) is 0 Å². The summed E-state index contributed by atoms with van der Waals surface area (Å²) in [5.41, 5.74) is 0. The Kier molecular flexibility index (Phi) is 2680. The van der Waals surface area contributed by atoms with Gasteiger partial charge in [-0.2, -0.15) is 0 Å². The zero-order valence-corrected chi connectivity index (χ0v) is 3.13. The molecule has 0 aliphatic rings. The van der Waals surface area contributed by atoms with Crippen molar-refractivity contribution in [1.82, 2.24) is 6.15 Å². The maximum absolute atomic E-state index is 0. The molecule has 0 rings (SSSR count). The summed E-state index contributed by atoms with van der Waals surface area (Å²) in [7, 11) is 0. The third-order valence-electron chi connectivity index (χ3n) is 0. The first-order chi connectivity index (χ1) is 0. The van der Waals surface area contributed by atoms with Gasteiger partial charge < -0.3 is 6.15 Å². The van der Waals surface area contributed by atoms with E-state index in [1.165, 1.54) is 0 Å². The molecule has 0 saturated heterocycles. The van der Waals surface area contributed by atoms with Crippen molar-refractivity contribution >= 4 is 8.41 Å². The molecular weight excluding hydrogens is 87.8 g/mol. The summed E-state index contributed by atoms with van der Waals surface area (Å²) in [5, 5.41) is 0. The van der Waals surface area contributed by atoms with E-state index in [1.807, 2.05) is 0 Å². The Hall–Kier alpha value is 0.609. The Labute approximate surface area is 41.2 Å². The maximum Gasteiger partial charge on any atom is 0 e. The summed E-state index contributed by atoms with van der Waals surface area (Å²) in [6.45, 7) is 0. The molecule has 0 bridgehead atoms. The van der Waals surface area contributed by atoms with Crippen LogP contribution in [-0.2, 0) is 18.6 Å². The van der Waals surface area contributed by atoms with Gasteiger partial charge in [-0.1, -0.05) is 7.43 Å². The van der Waals surface area contributed by atoms with Gasteiger partial charge >= 0.3 is 0 Å². The molecule has 4 heavy (non-hydrogen) atoms. The van der Waals surface area contributed by atoms with Gasteiger partial charge in [0.05, 0.1) is 0 Å². The molecule has 0 amide bonds. The summed E-state index contributed by atoms with van der Waals surface area (Å²) < 4.78 is 0. The molecule has 3 heteroatoms. The first-order valence-electron chi connectivity index (χ1n) is 0. The van der Waals surface area contributed by atoms with E-state index in [0.29, 0.717) is 0 Å². The van der Waals surface area contributed by atoms with Gasteiger partial charge in [0.25, 0.3) is 0 Å². The minimum atomic E-state index is 0. The van der Waals surface area contributed by atoms with Crippen LogP contribution in [0, 0.1) is 0 Å². The molecule has 4 radical (unpaired) electrons. The second-order valence-electron chi connectivity index (χ2n) is 0. The Morgan fingerprint density at radius 3 is 1.00 bits per heavy atom. The molecule has 0 aromatic carbocycles. The molecular formula is CH7BNV.